The first-order valence-electron chi connectivity index (χ1n) is 5.53. The zero-order chi connectivity index (χ0) is 12.3. The molecule has 0 radical (unpaired) electrons. The molecule has 17 heavy (non-hydrogen) atoms. The standard InChI is InChI=1S/C12H14FN3O/c1-2-7-16-11(5-6-15-16)12(17)10-4-3-9(13)8-14-10/h3-6,8,12,17H,2,7H2,1H3. The molecule has 0 bridgehead atoms. The fourth-order valence-corrected chi connectivity index (χ4v) is 1.67. The van der Waals surface area contributed by atoms with Crippen LogP contribution in [-0.2, 0) is 6.54 Å². The number of aliphatic hydroxyl groups excluding tert-OH is 1. The van der Waals surface area contributed by atoms with E-state index in [1.165, 1.54) is 12.1 Å². The van der Waals surface area contributed by atoms with Crippen LogP contribution in [0.1, 0.15) is 30.8 Å². The second-order valence-electron chi connectivity index (χ2n) is 3.78. The van der Waals surface area contributed by atoms with Crippen molar-refractivity contribution in [2.75, 3.05) is 0 Å². The van der Waals surface area contributed by atoms with E-state index in [9.17, 15) is 9.50 Å². The molecule has 2 aromatic rings. The summed E-state index contributed by atoms with van der Waals surface area (Å²) >= 11 is 0. The summed E-state index contributed by atoms with van der Waals surface area (Å²) in [5.41, 5.74) is 1.09. The molecular weight excluding hydrogens is 221 g/mol. The maximum atomic E-state index is 12.7. The summed E-state index contributed by atoms with van der Waals surface area (Å²) in [5, 5.41) is 14.3. The Morgan fingerprint density at radius 1 is 1.41 bits per heavy atom. The first kappa shape index (κ1) is 11.7. The summed E-state index contributed by atoms with van der Waals surface area (Å²) < 4.78 is 14.5. The van der Waals surface area contributed by atoms with Crippen molar-refractivity contribution >= 4 is 0 Å². The molecule has 0 amide bonds. The van der Waals surface area contributed by atoms with E-state index >= 15 is 0 Å². The molecule has 0 aromatic carbocycles. The van der Waals surface area contributed by atoms with E-state index in [4.69, 9.17) is 0 Å². The van der Waals surface area contributed by atoms with E-state index in [0.717, 1.165) is 19.2 Å². The Bertz CT molecular complexity index is 481. The molecule has 1 N–H and O–H groups in total. The van der Waals surface area contributed by atoms with Gasteiger partial charge in [-0.3, -0.25) is 9.67 Å². The normalized spacial score (nSPS) is 12.6. The number of nitrogens with zero attached hydrogens (tertiary/aromatic N) is 3. The van der Waals surface area contributed by atoms with Crippen LogP contribution in [-0.4, -0.2) is 19.9 Å². The Balaban J connectivity index is 2.26. The zero-order valence-corrected chi connectivity index (χ0v) is 9.55. The summed E-state index contributed by atoms with van der Waals surface area (Å²) in [6.45, 7) is 2.77. The minimum Gasteiger partial charge on any atom is -0.380 e. The SMILES string of the molecule is CCCn1nccc1C(O)c1ccc(F)cn1. The van der Waals surface area contributed by atoms with E-state index in [1.54, 1.807) is 16.9 Å². The van der Waals surface area contributed by atoms with Crippen molar-refractivity contribution in [1.29, 1.82) is 0 Å². The lowest BCUT2D eigenvalue weighted by atomic mass is 10.1. The van der Waals surface area contributed by atoms with Crippen molar-refractivity contribution in [3.05, 3.63) is 47.8 Å². The molecule has 2 rings (SSSR count). The number of hydrogen-bond donors (Lipinski definition) is 1. The molecule has 1 atom stereocenters. The third-order valence-corrected chi connectivity index (χ3v) is 2.50. The molecule has 0 aliphatic heterocycles. The smallest absolute Gasteiger partial charge is 0.141 e. The molecule has 90 valence electrons. The predicted molar refractivity (Wildman–Crippen MR) is 60.8 cm³/mol. The molecule has 0 saturated carbocycles. The highest BCUT2D eigenvalue weighted by atomic mass is 19.1. The van der Waals surface area contributed by atoms with Crippen LogP contribution >= 0.6 is 0 Å². The number of rotatable bonds is 4. The van der Waals surface area contributed by atoms with Crippen molar-refractivity contribution in [3.8, 4) is 0 Å². The lowest BCUT2D eigenvalue weighted by Crippen LogP contribution is -2.11. The van der Waals surface area contributed by atoms with E-state index in [-0.39, 0.29) is 0 Å². The van der Waals surface area contributed by atoms with E-state index in [1.807, 2.05) is 6.92 Å². The maximum absolute atomic E-state index is 12.7. The summed E-state index contributed by atoms with van der Waals surface area (Å²) in [7, 11) is 0. The van der Waals surface area contributed by atoms with Gasteiger partial charge in [0, 0.05) is 12.7 Å². The van der Waals surface area contributed by atoms with Crippen LogP contribution in [0.5, 0.6) is 0 Å². The van der Waals surface area contributed by atoms with Crippen LogP contribution in [0.15, 0.2) is 30.6 Å². The van der Waals surface area contributed by atoms with Crippen molar-refractivity contribution < 1.29 is 9.50 Å². The quantitative estimate of drug-likeness (QED) is 0.880. The molecule has 2 heterocycles. The van der Waals surface area contributed by atoms with Crippen LogP contribution < -0.4 is 0 Å². The van der Waals surface area contributed by atoms with Crippen LogP contribution in [0.3, 0.4) is 0 Å². The number of aliphatic hydroxyl groups is 1. The van der Waals surface area contributed by atoms with Gasteiger partial charge >= 0.3 is 0 Å². The summed E-state index contributed by atoms with van der Waals surface area (Å²) in [6, 6.07) is 4.50. The lowest BCUT2D eigenvalue weighted by Gasteiger charge is -2.12. The molecule has 0 fully saturated rings. The third kappa shape index (κ3) is 2.50. The van der Waals surface area contributed by atoms with Gasteiger partial charge in [-0.25, -0.2) is 4.39 Å². The Morgan fingerprint density at radius 2 is 2.24 bits per heavy atom. The second kappa shape index (κ2) is 5.05. The van der Waals surface area contributed by atoms with Gasteiger partial charge in [-0.15, -0.1) is 0 Å². The highest BCUT2D eigenvalue weighted by molar-refractivity contribution is 5.19. The van der Waals surface area contributed by atoms with Crippen LogP contribution in [0.25, 0.3) is 0 Å². The van der Waals surface area contributed by atoms with Gasteiger partial charge < -0.3 is 5.11 Å². The van der Waals surface area contributed by atoms with Crippen molar-refractivity contribution in [3.63, 3.8) is 0 Å². The highest BCUT2D eigenvalue weighted by Crippen LogP contribution is 2.19. The monoisotopic (exact) mass is 235 g/mol. The van der Waals surface area contributed by atoms with Gasteiger partial charge in [-0.1, -0.05) is 6.92 Å². The number of halogens is 1. The van der Waals surface area contributed by atoms with Gasteiger partial charge in [0.2, 0.25) is 0 Å². The van der Waals surface area contributed by atoms with Crippen molar-refractivity contribution in [2.45, 2.75) is 26.0 Å². The number of pyridine rings is 1. The van der Waals surface area contributed by atoms with Gasteiger partial charge in [0.25, 0.3) is 0 Å². The average molecular weight is 235 g/mol. The van der Waals surface area contributed by atoms with E-state index in [0.29, 0.717) is 11.4 Å². The van der Waals surface area contributed by atoms with Gasteiger partial charge in [0.05, 0.1) is 17.6 Å². The summed E-state index contributed by atoms with van der Waals surface area (Å²) in [6.07, 6.45) is 2.79. The molecule has 1 unspecified atom stereocenters. The molecule has 4 nitrogen and oxygen atoms in total. The highest BCUT2D eigenvalue weighted by Gasteiger charge is 2.16. The van der Waals surface area contributed by atoms with Crippen molar-refractivity contribution in [1.82, 2.24) is 14.8 Å². The fraction of sp³-hybridized carbons (Fsp3) is 0.333. The van der Waals surface area contributed by atoms with Crippen LogP contribution in [0.2, 0.25) is 0 Å². The average Bonchev–Trinajstić information content (AvgIpc) is 2.78. The molecule has 0 spiro atoms. The Labute approximate surface area is 98.7 Å². The Morgan fingerprint density at radius 3 is 2.88 bits per heavy atom. The van der Waals surface area contributed by atoms with Crippen LogP contribution in [0, 0.1) is 5.82 Å². The Hall–Kier alpha value is -1.75. The zero-order valence-electron chi connectivity index (χ0n) is 9.55. The molecule has 0 aliphatic rings. The molecular formula is C12H14FN3O. The predicted octanol–water partition coefficient (Wildman–Crippen LogP) is 1.91. The number of aromatic nitrogens is 3. The number of aryl methyl sites for hydroxylation is 1. The van der Waals surface area contributed by atoms with Gasteiger partial charge in [-0.2, -0.15) is 5.10 Å². The second-order valence-corrected chi connectivity index (χ2v) is 3.78. The molecule has 0 saturated heterocycles. The van der Waals surface area contributed by atoms with Gasteiger partial charge in [0.1, 0.15) is 11.9 Å². The topological polar surface area (TPSA) is 50.9 Å². The van der Waals surface area contributed by atoms with Gasteiger partial charge in [-0.05, 0) is 24.6 Å². The largest absolute Gasteiger partial charge is 0.380 e. The van der Waals surface area contributed by atoms with Crippen molar-refractivity contribution in [2.24, 2.45) is 0 Å². The van der Waals surface area contributed by atoms with E-state index < -0.39 is 11.9 Å². The minimum absolute atomic E-state index is 0.414. The Kier molecular flexibility index (Phi) is 3.49. The number of hydrogen-bond acceptors (Lipinski definition) is 3. The minimum atomic E-state index is -0.871. The fourth-order valence-electron chi connectivity index (χ4n) is 1.67. The summed E-state index contributed by atoms with van der Waals surface area (Å²) in [4.78, 5) is 3.87. The lowest BCUT2D eigenvalue weighted by molar-refractivity contribution is 0.202. The molecule has 0 aliphatic carbocycles. The maximum Gasteiger partial charge on any atom is 0.141 e. The van der Waals surface area contributed by atoms with Crippen LogP contribution in [0.4, 0.5) is 4.39 Å². The van der Waals surface area contributed by atoms with Gasteiger partial charge in [0.15, 0.2) is 0 Å². The molecule has 2 aromatic heterocycles. The first-order chi connectivity index (χ1) is 8.22. The molecule has 5 heteroatoms. The van der Waals surface area contributed by atoms with E-state index in [2.05, 4.69) is 10.1 Å². The first-order valence-corrected chi connectivity index (χ1v) is 5.53. The third-order valence-electron chi connectivity index (χ3n) is 2.50. The summed E-state index contributed by atoms with van der Waals surface area (Å²) in [5.74, 6) is -0.414.